The number of methoxy groups -OCH3 is 1. The van der Waals surface area contributed by atoms with Crippen LogP contribution in [-0.2, 0) is 14.3 Å². The van der Waals surface area contributed by atoms with Crippen LogP contribution in [0.2, 0.25) is 0 Å². The molecule has 106 valence electrons. The predicted octanol–water partition coefficient (Wildman–Crippen LogP) is 2.76. The third kappa shape index (κ3) is 2.34. The molecule has 1 aliphatic heterocycles. The molecule has 2 heterocycles. The highest BCUT2D eigenvalue weighted by Gasteiger charge is 2.30. The number of allylic oxidation sites excluding steroid dienone is 2. The van der Waals surface area contributed by atoms with E-state index in [2.05, 4.69) is 0 Å². The van der Waals surface area contributed by atoms with Crippen LogP contribution in [0.15, 0.2) is 39.4 Å². The highest BCUT2D eigenvalue weighted by Crippen LogP contribution is 2.36. The van der Waals surface area contributed by atoms with E-state index in [-0.39, 0.29) is 12.0 Å². The molecule has 0 saturated carbocycles. The van der Waals surface area contributed by atoms with Gasteiger partial charge < -0.3 is 14.7 Å². The largest absolute Gasteiger partial charge is 0.478 e. The molecule has 1 aromatic rings. The Balaban J connectivity index is 2.58. The smallest absolute Gasteiger partial charge is 0.335 e. The lowest BCUT2D eigenvalue weighted by atomic mass is 9.96. The standard InChI is InChI=1S/C14H15NO4S/c1-8-11(13(16)17)6-12(14(18)19-3)9(2)15(8)10-4-5-20-7-10/h4-5,7H,6H2,1-3H3,(H,16,17). The van der Waals surface area contributed by atoms with E-state index in [1.807, 2.05) is 16.8 Å². The van der Waals surface area contributed by atoms with Crippen molar-refractivity contribution in [3.63, 3.8) is 0 Å². The van der Waals surface area contributed by atoms with Gasteiger partial charge >= 0.3 is 11.9 Å². The lowest BCUT2D eigenvalue weighted by molar-refractivity contribution is -0.136. The first-order valence-electron chi connectivity index (χ1n) is 6.00. The van der Waals surface area contributed by atoms with Crippen LogP contribution in [0.3, 0.4) is 0 Å². The van der Waals surface area contributed by atoms with E-state index in [1.165, 1.54) is 18.4 Å². The quantitative estimate of drug-likeness (QED) is 0.868. The molecule has 2 rings (SSSR count). The van der Waals surface area contributed by atoms with E-state index in [4.69, 9.17) is 4.74 Å². The number of carbonyl (C=O) groups is 2. The van der Waals surface area contributed by atoms with Gasteiger partial charge in [0.05, 0.1) is 23.9 Å². The number of carboxylic acid groups (broad SMARTS) is 1. The maximum Gasteiger partial charge on any atom is 0.335 e. The van der Waals surface area contributed by atoms with Crippen LogP contribution in [0.1, 0.15) is 20.3 Å². The third-order valence-electron chi connectivity index (χ3n) is 3.35. The molecule has 1 aromatic heterocycles. The molecule has 6 heteroatoms. The Kier molecular flexibility index (Phi) is 3.94. The third-order valence-corrected chi connectivity index (χ3v) is 4.02. The number of anilines is 1. The summed E-state index contributed by atoms with van der Waals surface area (Å²) in [6.45, 7) is 3.55. The van der Waals surface area contributed by atoms with E-state index in [0.717, 1.165) is 5.69 Å². The molecule has 1 N–H and O–H groups in total. The summed E-state index contributed by atoms with van der Waals surface area (Å²) < 4.78 is 4.75. The molecule has 0 bridgehead atoms. The molecule has 0 aromatic carbocycles. The van der Waals surface area contributed by atoms with Crippen molar-refractivity contribution in [3.05, 3.63) is 39.4 Å². The molecule has 20 heavy (non-hydrogen) atoms. The highest BCUT2D eigenvalue weighted by atomic mass is 32.1. The number of carbonyl (C=O) groups excluding carboxylic acids is 1. The Morgan fingerprint density at radius 1 is 1.30 bits per heavy atom. The first-order valence-corrected chi connectivity index (χ1v) is 6.95. The van der Waals surface area contributed by atoms with E-state index in [0.29, 0.717) is 17.0 Å². The molecule has 0 fully saturated rings. The number of carboxylic acids is 1. The molecule has 0 unspecified atom stereocenters. The van der Waals surface area contributed by atoms with Crippen molar-refractivity contribution >= 4 is 29.0 Å². The monoisotopic (exact) mass is 293 g/mol. The Bertz CT molecular complexity index is 613. The van der Waals surface area contributed by atoms with Crippen LogP contribution in [0.25, 0.3) is 0 Å². The molecule has 1 aliphatic rings. The van der Waals surface area contributed by atoms with Crippen LogP contribution in [0, 0.1) is 0 Å². The summed E-state index contributed by atoms with van der Waals surface area (Å²) >= 11 is 1.51. The van der Waals surface area contributed by atoms with Crippen molar-refractivity contribution in [1.82, 2.24) is 0 Å². The van der Waals surface area contributed by atoms with Crippen molar-refractivity contribution in [2.45, 2.75) is 20.3 Å². The fraction of sp³-hybridized carbons (Fsp3) is 0.286. The summed E-state index contributed by atoms with van der Waals surface area (Å²) in [4.78, 5) is 25.0. The summed E-state index contributed by atoms with van der Waals surface area (Å²) in [6, 6.07) is 1.89. The molecular weight excluding hydrogens is 278 g/mol. The van der Waals surface area contributed by atoms with E-state index >= 15 is 0 Å². The molecular formula is C14H15NO4S. The SMILES string of the molecule is COC(=O)C1=C(C)N(c2ccsc2)C(C)=C(C(=O)O)C1. The zero-order valence-corrected chi connectivity index (χ0v) is 12.3. The Labute approximate surface area is 120 Å². The summed E-state index contributed by atoms with van der Waals surface area (Å²) in [5, 5.41) is 13.1. The number of thiophene rings is 1. The molecule has 0 saturated heterocycles. The average Bonchev–Trinajstić information content (AvgIpc) is 2.91. The minimum Gasteiger partial charge on any atom is -0.478 e. The lowest BCUT2D eigenvalue weighted by Gasteiger charge is -2.32. The van der Waals surface area contributed by atoms with Gasteiger partial charge in [0.25, 0.3) is 0 Å². The van der Waals surface area contributed by atoms with E-state index < -0.39 is 11.9 Å². The van der Waals surface area contributed by atoms with Crippen molar-refractivity contribution in [2.75, 3.05) is 12.0 Å². The predicted molar refractivity (Wildman–Crippen MR) is 76.5 cm³/mol. The van der Waals surface area contributed by atoms with Gasteiger partial charge in [0, 0.05) is 23.2 Å². The number of ether oxygens (including phenoxy) is 1. The Morgan fingerprint density at radius 2 is 1.95 bits per heavy atom. The van der Waals surface area contributed by atoms with Gasteiger partial charge in [0.15, 0.2) is 0 Å². The molecule has 0 amide bonds. The summed E-state index contributed by atoms with van der Waals surface area (Å²) in [5.41, 5.74) is 2.77. The Hall–Kier alpha value is -2.08. The van der Waals surface area contributed by atoms with Gasteiger partial charge in [-0.3, -0.25) is 0 Å². The van der Waals surface area contributed by atoms with E-state index in [1.54, 1.807) is 18.7 Å². The van der Waals surface area contributed by atoms with Gasteiger partial charge in [-0.2, -0.15) is 11.3 Å². The number of hydrogen-bond acceptors (Lipinski definition) is 5. The zero-order valence-electron chi connectivity index (χ0n) is 11.5. The maximum atomic E-state index is 11.8. The summed E-state index contributed by atoms with van der Waals surface area (Å²) in [5.74, 6) is -1.51. The van der Waals surface area contributed by atoms with Crippen molar-refractivity contribution in [1.29, 1.82) is 0 Å². The minimum atomic E-state index is -1.02. The number of hydrogen-bond donors (Lipinski definition) is 1. The Morgan fingerprint density at radius 3 is 2.45 bits per heavy atom. The topological polar surface area (TPSA) is 66.8 Å². The normalized spacial score (nSPS) is 15.7. The number of esters is 1. The van der Waals surface area contributed by atoms with Gasteiger partial charge in [-0.25, -0.2) is 9.59 Å². The molecule has 0 aliphatic carbocycles. The maximum absolute atomic E-state index is 11.8. The molecule has 0 radical (unpaired) electrons. The van der Waals surface area contributed by atoms with Crippen LogP contribution in [0.5, 0.6) is 0 Å². The molecule has 5 nitrogen and oxygen atoms in total. The van der Waals surface area contributed by atoms with Crippen molar-refractivity contribution in [3.8, 4) is 0 Å². The number of nitrogens with zero attached hydrogens (tertiary/aromatic N) is 1. The van der Waals surface area contributed by atoms with Crippen LogP contribution in [-0.4, -0.2) is 24.2 Å². The highest BCUT2D eigenvalue weighted by molar-refractivity contribution is 7.08. The molecule has 0 atom stereocenters. The number of aliphatic carboxylic acids is 1. The fourth-order valence-corrected chi connectivity index (χ4v) is 2.92. The van der Waals surface area contributed by atoms with Crippen molar-refractivity contribution < 1.29 is 19.4 Å². The van der Waals surface area contributed by atoms with Gasteiger partial charge in [-0.15, -0.1) is 0 Å². The average molecular weight is 293 g/mol. The minimum absolute atomic E-state index is 0.0836. The second-order valence-electron chi connectivity index (χ2n) is 4.42. The van der Waals surface area contributed by atoms with Crippen LogP contribution >= 0.6 is 11.3 Å². The van der Waals surface area contributed by atoms with Crippen molar-refractivity contribution in [2.24, 2.45) is 0 Å². The van der Waals surface area contributed by atoms with Gasteiger partial charge in [-0.1, -0.05) is 0 Å². The second kappa shape index (κ2) is 5.50. The van der Waals surface area contributed by atoms with E-state index in [9.17, 15) is 14.7 Å². The van der Waals surface area contributed by atoms with Gasteiger partial charge in [-0.05, 0) is 25.3 Å². The van der Waals surface area contributed by atoms with Crippen LogP contribution < -0.4 is 4.90 Å². The first kappa shape index (κ1) is 14.3. The first-order chi connectivity index (χ1) is 9.47. The zero-order chi connectivity index (χ0) is 14.9. The van der Waals surface area contributed by atoms with Gasteiger partial charge in [0.1, 0.15) is 0 Å². The summed E-state index contributed by atoms with van der Waals surface area (Å²) in [7, 11) is 1.29. The number of rotatable bonds is 3. The second-order valence-corrected chi connectivity index (χ2v) is 5.20. The van der Waals surface area contributed by atoms with Crippen LogP contribution in [0.4, 0.5) is 5.69 Å². The molecule has 0 spiro atoms. The van der Waals surface area contributed by atoms with Gasteiger partial charge in [0.2, 0.25) is 0 Å². The lowest BCUT2D eigenvalue weighted by Crippen LogP contribution is -2.29. The fourth-order valence-electron chi connectivity index (χ4n) is 2.30. The summed E-state index contributed by atoms with van der Waals surface area (Å²) in [6.07, 6.45) is 0.0836.